The second kappa shape index (κ2) is 8.40. The van der Waals surface area contributed by atoms with Gasteiger partial charge in [-0.25, -0.2) is 0 Å². The largest absolute Gasteiger partial charge is 0.495 e. The zero-order chi connectivity index (χ0) is 14.1. The maximum absolute atomic E-state index is 11.6. The number of ether oxygens (including phenoxy) is 1. The molecule has 1 amide bonds. The van der Waals surface area contributed by atoms with Gasteiger partial charge in [-0.05, 0) is 30.5 Å². The molecule has 0 bridgehead atoms. The number of methoxy groups -OCH3 is 1. The number of aryl methyl sites for hydroxylation is 1. The Morgan fingerprint density at radius 2 is 2.16 bits per heavy atom. The maximum atomic E-state index is 11.6. The normalized spacial score (nSPS) is 10.2. The van der Waals surface area contributed by atoms with Gasteiger partial charge in [0.2, 0.25) is 5.91 Å². The fraction of sp³-hybridized carbons (Fsp3) is 0.533. The van der Waals surface area contributed by atoms with Crippen LogP contribution in [0, 0.1) is 0 Å². The van der Waals surface area contributed by atoms with Crippen molar-refractivity contribution in [3.05, 3.63) is 23.8 Å². The van der Waals surface area contributed by atoms with Gasteiger partial charge in [0.25, 0.3) is 0 Å². The summed E-state index contributed by atoms with van der Waals surface area (Å²) in [6.07, 6.45) is 4.58. The Kier molecular flexibility index (Phi) is 6.79. The van der Waals surface area contributed by atoms with Crippen molar-refractivity contribution in [1.82, 2.24) is 5.32 Å². The van der Waals surface area contributed by atoms with Gasteiger partial charge in [0.15, 0.2) is 0 Å². The number of hydrogen-bond donors (Lipinski definition) is 2. The number of rotatable bonds is 8. The van der Waals surface area contributed by atoms with E-state index in [1.54, 1.807) is 7.11 Å². The molecule has 0 fully saturated rings. The minimum Gasteiger partial charge on any atom is -0.495 e. The molecule has 0 saturated heterocycles. The van der Waals surface area contributed by atoms with Crippen LogP contribution in [0.15, 0.2) is 18.2 Å². The van der Waals surface area contributed by atoms with Crippen LogP contribution < -0.4 is 15.8 Å². The van der Waals surface area contributed by atoms with Crippen molar-refractivity contribution in [2.45, 2.75) is 39.0 Å². The predicted octanol–water partition coefficient (Wildman–Crippen LogP) is 2.52. The van der Waals surface area contributed by atoms with E-state index < -0.39 is 0 Å². The summed E-state index contributed by atoms with van der Waals surface area (Å²) in [6, 6.07) is 5.65. The Bertz CT molecular complexity index is 405. The molecule has 0 heterocycles. The topological polar surface area (TPSA) is 64.3 Å². The van der Waals surface area contributed by atoms with E-state index in [0.29, 0.717) is 24.3 Å². The highest BCUT2D eigenvalue weighted by Crippen LogP contribution is 2.22. The molecule has 0 aromatic heterocycles. The summed E-state index contributed by atoms with van der Waals surface area (Å²) >= 11 is 0. The number of anilines is 1. The van der Waals surface area contributed by atoms with Crippen LogP contribution in [-0.4, -0.2) is 19.6 Å². The molecule has 0 spiro atoms. The molecule has 0 unspecified atom stereocenters. The minimum atomic E-state index is 0.102. The highest BCUT2D eigenvalue weighted by atomic mass is 16.5. The van der Waals surface area contributed by atoms with Crippen LogP contribution in [0.4, 0.5) is 5.69 Å². The number of carbonyl (C=O) groups excluding carboxylic acids is 1. The van der Waals surface area contributed by atoms with Crippen molar-refractivity contribution in [1.29, 1.82) is 0 Å². The van der Waals surface area contributed by atoms with Gasteiger partial charge in [-0.1, -0.05) is 25.8 Å². The second-order valence-corrected chi connectivity index (χ2v) is 4.63. The van der Waals surface area contributed by atoms with E-state index in [2.05, 4.69) is 12.2 Å². The first-order chi connectivity index (χ1) is 9.17. The van der Waals surface area contributed by atoms with Crippen LogP contribution in [0.1, 0.15) is 38.2 Å². The van der Waals surface area contributed by atoms with Crippen LogP contribution in [0.2, 0.25) is 0 Å². The molecule has 0 aliphatic rings. The summed E-state index contributed by atoms with van der Waals surface area (Å²) in [6.45, 7) is 2.92. The van der Waals surface area contributed by atoms with E-state index in [1.807, 2.05) is 18.2 Å². The molecule has 1 rings (SSSR count). The molecule has 0 aliphatic heterocycles. The number of benzene rings is 1. The lowest BCUT2D eigenvalue weighted by atomic mass is 10.1. The van der Waals surface area contributed by atoms with E-state index in [1.165, 1.54) is 6.42 Å². The summed E-state index contributed by atoms with van der Waals surface area (Å²) in [7, 11) is 1.59. The smallest absolute Gasteiger partial charge is 0.220 e. The van der Waals surface area contributed by atoms with Crippen LogP contribution in [0.3, 0.4) is 0 Å². The van der Waals surface area contributed by atoms with Gasteiger partial charge in [0.1, 0.15) is 5.75 Å². The highest BCUT2D eigenvalue weighted by Gasteiger charge is 2.04. The molecule has 0 aliphatic carbocycles. The third kappa shape index (κ3) is 5.64. The van der Waals surface area contributed by atoms with Gasteiger partial charge in [-0.3, -0.25) is 4.79 Å². The molecule has 0 saturated carbocycles. The lowest BCUT2D eigenvalue weighted by molar-refractivity contribution is -0.121. The average molecular weight is 264 g/mol. The monoisotopic (exact) mass is 264 g/mol. The number of nitrogens with two attached hydrogens (primary N) is 1. The molecule has 1 aromatic carbocycles. The van der Waals surface area contributed by atoms with Gasteiger partial charge in [0.05, 0.1) is 12.8 Å². The quantitative estimate of drug-likeness (QED) is 0.560. The van der Waals surface area contributed by atoms with Gasteiger partial charge in [-0.2, -0.15) is 0 Å². The van der Waals surface area contributed by atoms with Gasteiger partial charge < -0.3 is 15.8 Å². The molecule has 0 radical (unpaired) electrons. The molecule has 4 heteroatoms. The molecular weight excluding hydrogens is 240 g/mol. The molecular formula is C15H24N2O2. The first-order valence-corrected chi connectivity index (χ1v) is 6.86. The number of hydrogen-bond acceptors (Lipinski definition) is 3. The molecule has 106 valence electrons. The molecule has 19 heavy (non-hydrogen) atoms. The van der Waals surface area contributed by atoms with Crippen molar-refractivity contribution < 1.29 is 9.53 Å². The highest BCUT2D eigenvalue weighted by molar-refractivity contribution is 5.76. The molecule has 0 atom stereocenters. The third-order valence-electron chi connectivity index (χ3n) is 3.04. The van der Waals surface area contributed by atoms with E-state index in [4.69, 9.17) is 10.5 Å². The Balaban J connectivity index is 2.32. The number of nitrogens with one attached hydrogen (secondary N) is 1. The third-order valence-corrected chi connectivity index (χ3v) is 3.04. The molecule has 1 aromatic rings. The summed E-state index contributed by atoms with van der Waals surface area (Å²) in [4.78, 5) is 11.6. The average Bonchev–Trinajstić information content (AvgIpc) is 2.41. The molecule has 4 nitrogen and oxygen atoms in total. The minimum absolute atomic E-state index is 0.102. The lowest BCUT2D eigenvalue weighted by Gasteiger charge is -2.08. The lowest BCUT2D eigenvalue weighted by Crippen LogP contribution is -2.24. The SMILES string of the molecule is CCCCCNC(=O)CCc1ccc(OC)c(N)c1. The summed E-state index contributed by atoms with van der Waals surface area (Å²) in [5, 5.41) is 2.93. The summed E-state index contributed by atoms with van der Waals surface area (Å²) in [5.74, 6) is 0.776. The Labute approximate surface area is 115 Å². The van der Waals surface area contributed by atoms with E-state index in [0.717, 1.165) is 24.9 Å². The van der Waals surface area contributed by atoms with Gasteiger partial charge >= 0.3 is 0 Å². The Morgan fingerprint density at radius 1 is 1.37 bits per heavy atom. The first kappa shape index (κ1) is 15.3. The number of carbonyl (C=O) groups is 1. The maximum Gasteiger partial charge on any atom is 0.220 e. The van der Waals surface area contributed by atoms with Gasteiger partial charge in [-0.15, -0.1) is 0 Å². The number of nitrogen functional groups attached to an aromatic ring is 1. The zero-order valence-electron chi connectivity index (χ0n) is 11.9. The standard InChI is InChI=1S/C15H24N2O2/c1-3-4-5-10-17-15(18)9-7-12-6-8-14(19-2)13(16)11-12/h6,8,11H,3-5,7,9-10,16H2,1-2H3,(H,17,18). The van der Waals surface area contributed by atoms with Crippen molar-refractivity contribution in [2.75, 3.05) is 19.4 Å². The fourth-order valence-electron chi connectivity index (χ4n) is 1.89. The summed E-state index contributed by atoms with van der Waals surface area (Å²) < 4.78 is 5.10. The first-order valence-electron chi connectivity index (χ1n) is 6.86. The second-order valence-electron chi connectivity index (χ2n) is 4.63. The van der Waals surface area contributed by atoms with Crippen LogP contribution in [0.25, 0.3) is 0 Å². The fourth-order valence-corrected chi connectivity index (χ4v) is 1.89. The Hall–Kier alpha value is -1.71. The van der Waals surface area contributed by atoms with Crippen LogP contribution in [-0.2, 0) is 11.2 Å². The summed E-state index contributed by atoms with van der Waals surface area (Å²) in [5.41, 5.74) is 7.50. The predicted molar refractivity (Wildman–Crippen MR) is 78.3 cm³/mol. The number of amides is 1. The van der Waals surface area contributed by atoms with Crippen molar-refractivity contribution >= 4 is 11.6 Å². The van der Waals surface area contributed by atoms with Gasteiger partial charge in [0, 0.05) is 13.0 Å². The van der Waals surface area contributed by atoms with Crippen molar-refractivity contribution in [3.8, 4) is 5.75 Å². The van der Waals surface area contributed by atoms with Crippen LogP contribution in [0.5, 0.6) is 5.75 Å². The van der Waals surface area contributed by atoms with Crippen molar-refractivity contribution in [2.24, 2.45) is 0 Å². The number of unbranched alkanes of at least 4 members (excludes halogenated alkanes) is 2. The van der Waals surface area contributed by atoms with E-state index in [-0.39, 0.29) is 5.91 Å². The van der Waals surface area contributed by atoms with E-state index >= 15 is 0 Å². The van der Waals surface area contributed by atoms with E-state index in [9.17, 15) is 4.79 Å². The Morgan fingerprint density at radius 3 is 2.79 bits per heavy atom. The zero-order valence-corrected chi connectivity index (χ0v) is 11.9. The molecule has 3 N–H and O–H groups in total. The van der Waals surface area contributed by atoms with Crippen molar-refractivity contribution in [3.63, 3.8) is 0 Å². The van der Waals surface area contributed by atoms with Crippen LogP contribution >= 0.6 is 0 Å².